The second-order valence-corrected chi connectivity index (χ2v) is 15.4. The number of rotatable bonds is 7. The molecule has 0 amide bonds. The highest BCUT2D eigenvalue weighted by Crippen LogP contribution is 2.42. The molecule has 0 aliphatic carbocycles. The lowest BCUT2D eigenvalue weighted by Gasteiger charge is -2.15. The zero-order valence-electron chi connectivity index (χ0n) is 33.6. The van der Waals surface area contributed by atoms with Gasteiger partial charge in [0.15, 0.2) is 11.5 Å². The Hall–Kier alpha value is -6.99. The van der Waals surface area contributed by atoms with E-state index in [1.807, 2.05) is 144 Å². The highest BCUT2D eigenvalue weighted by atomic mass is 79.9. The number of aromatic amines is 2. The van der Waals surface area contributed by atoms with Gasteiger partial charge in [-0.15, -0.1) is 0 Å². The number of pyridine rings is 2. The smallest absolute Gasteiger partial charge is 0.253 e. The van der Waals surface area contributed by atoms with Crippen LogP contribution in [0.1, 0.15) is 22.8 Å². The van der Waals surface area contributed by atoms with Crippen molar-refractivity contribution in [2.24, 2.45) is 21.1 Å². The van der Waals surface area contributed by atoms with Crippen LogP contribution in [0.2, 0.25) is 0 Å². The van der Waals surface area contributed by atoms with Crippen LogP contribution in [0.4, 0.5) is 0 Å². The van der Waals surface area contributed by atoms with Crippen molar-refractivity contribution in [1.29, 1.82) is 0 Å². The third kappa shape index (κ3) is 7.72. The molecular formula is C46H41BrN8O4. The molecule has 59 heavy (non-hydrogen) atoms. The molecule has 0 saturated carbocycles. The summed E-state index contributed by atoms with van der Waals surface area (Å²) in [6.07, 6.45) is 7.43. The largest absolute Gasteiger partial charge is 0.454 e. The summed E-state index contributed by atoms with van der Waals surface area (Å²) in [4.78, 5) is 40.2. The van der Waals surface area contributed by atoms with Crippen molar-refractivity contribution in [2.75, 3.05) is 0 Å². The van der Waals surface area contributed by atoms with Crippen LogP contribution in [0.25, 0.3) is 55.4 Å². The number of imidazole rings is 2. The summed E-state index contributed by atoms with van der Waals surface area (Å²) in [5.41, 5.74) is 10.1. The van der Waals surface area contributed by atoms with Crippen molar-refractivity contribution in [2.45, 2.75) is 27.7 Å². The van der Waals surface area contributed by atoms with Crippen LogP contribution >= 0.6 is 15.9 Å². The van der Waals surface area contributed by atoms with Gasteiger partial charge in [-0.3, -0.25) is 14.3 Å². The molecule has 5 heterocycles. The zero-order valence-corrected chi connectivity index (χ0v) is 35.2. The van der Waals surface area contributed by atoms with E-state index in [2.05, 4.69) is 36.0 Å². The Balaban J connectivity index is 0.000000167. The lowest BCUT2D eigenvalue weighted by Crippen LogP contribution is -2.18. The Morgan fingerprint density at radius 1 is 0.576 bits per heavy atom. The number of nitrogens with one attached hydrogen (secondary N) is 2. The average Bonchev–Trinajstić information content (AvgIpc) is 3.94. The van der Waals surface area contributed by atoms with E-state index in [4.69, 9.17) is 14.5 Å². The second-order valence-electron chi connectivity index (χ2n) is 14.5. The van der Waals surface area contributed by atoms with Crippen LogP contribution in [-0.2, 0) is 21.1 Å². The molecule has 0 unspecified atom stereocenters. The summed E-state index contributed by atoms with van der Waals surface area (Å²) < 4.78 is 18.7. The molecule has 0 radical (unpaired) electrons. The summed E-state index contributed by atoms with van der Waals surface area (Å²) in [5, 5.41) is 4.30. The number of ether oxygens (including phenoxy) is 2. The quantitative estimate of drug-likeness (QED) is 0.163. The van der Waals surface area contributed by atoms with Gasteiger partial charge in [0.05, 0.1) is 21.7 Å². The molecular weight excluding hydrogens is 808 g/mol. The number of aryl methyl sites for hydroxylation is 7. The van der Waals surface area contributed by atoms with Gasteiger partial charge in [0.1, 0.15) is 34.2 Å². The van der Waals surface area contributed by atoms with Crippen LogP contribution in [0.3, 0.4) is 0 Å². The minimum Gasteiger partial charge on any atom is -0.454 e. The molecule has 12 nitrogen and oxygen atoms in total. The maximum absolute atomic E-state index is 12.3. The standard InChI is InChI=1S/C25H23N5O2.C21H18BrN3O2/c1-15-11-17(13-29(3)25(15)31)20-9-10-21-23(28-16(2)27-21)24(20)32-22-8-6-5-7-19(22)18-12-26-30(4)14-18;1-12-10-14(11-25(3)21(12)26)15-8-9-17-19(24-13(2)23-17)20(15)27-18-7-5-4-6-16(18)22/h5-14H,1-4H3,(H,27,28);4-11H,1-3H3,(H,23,24). The topological polar surface area (TPSA) is 138 Å². The van der Waals surface area contributed by atoms with E-state index in [0.29, 0.717) is 34.1 Å². The van der Waals surface area contributed by atoms with Crippen LogP contribution in [0.5, 0.6) is 23.0 Å². The van der Waals surface area contributed by atoms with Crippen LogP contribution in [-0.4, -0.2) is 38.9 Å². The van der Waals surface area contributed by atoms with Gasteiger partial charge in [-0.2, -0.15) is 5.10 Å². The third-order valence-corrected chi connectivity index (χ3v) is 10.6. The molecule has 13 heteroatoms. The van der Waals surface area contributed by atoms with Crippen LogP contribution in [0.15, 0.2) is 124 Å². The van der Waals surface area contributed by atoms with Gasteiger partial charge in [-0.1, -0.05) is 30.3 Å². The number of H-pyrrole nitrogens is 2. The molecule has 0 atom stereocenters. The molecule has 296 valence electrons. The van der Waals surface area contributed by atoms with Crippen molar-refractivity contribution in [1.82, 2.24) is 38.9 Å². The maximum atomic E-state index is 12.3. The number of halogens is 1. The van der Waals surface area contributed by atoms with Crippen LogP contribution in [0, 0.1) is 27.7 Å². The first kappa shape index (κ1) is 38.9. The Bertz CT molecular complexity index is 3120. The molecule has 0 spiro atoms. The normalized spacial score (nSPS) is 11.2. The van der Waals surface area contributed by atoms with E-state index in [-0.39, 0.29) is 11.1 Å². The predicted octanol–water partition coefficient (Wildman–Crippen LogP) is 9.84. The molecule has 0 aliphatic heterocycles. The monoisotopic (exact) mass is 848 g/mol. The Labute approximate surface area is 347 Å². The van der Waals surface area contributed by atoms with Gasteiger partial charge in [-0.25, -0.2) is 9.97 Å². The molecule has 9 rings (SSSR count). The van der Waals surface area contributed by atoms with Crippen molar-refractivity contribution >= 4 is 38.0 Å². The molecule has 0 saturated heterocycles. The summed E-state index contributed by atoms with van der Waals surface area (Å²) in [5.74, 6) is 4.32. The van der Waals surface area contributed by atoms with E-state index in [0.717, 1.165) is 71.6 Å². The van der Waals surface area contributed by atoms with E-state index in [1.54, 1.807) is 27.9 Å². The van der Waals surface area contributed by atoms with E-state index in [9.17, 15) is 9.59 Å². The first-order valence-corrected chi connectivity index (χ1v) is 19.7. The SMILES string of the molecule is Cc1nc2c(Oc3ccccc3-c3cnn(C)c3)c(-c3cc(C)c(=O)n(C)c3)ccc2[nH]1.Cc1nc2c(Oc3ccccc3Br)c(-c3cc(C)c(=O)n(C)c3)ccc2[nH]1. The van der Waals surface area contributed by atoms with Crippen LogP contribution < -0.4 is 20.6 Å². The fraction of sp³-hybridized carbons (Fsp3) is 0.152. The van der Waals surface area contributed by atoms with E-state index in [1.165, 1.54) is 0 Å². The summed E-state index contributed by atoms with van der Waals surface area (Å²) in [7, 11) is 5.40. The molecule has 5 aromatic heterocycles. The number of benzene rings is 4. The van der Waals surface area contributed by atoms with Gasteiger partial charge in [0, 0.05) is 84.2 Å². The number of aromatic nitrogens is 8. The third-order valence-electron chi connectivity index (χ3n) is 9.96. The maximum Gasteiger partial charge on any atom is 0.253 e. The first-order valence-electron chi connectivity index (χ1n) is 18.9. The minimum atomic E-state index is -0.0187. The predicted molar refractivity (Wildman–Crippen MR) is 235 cm³/mol. The lowest BCUT2D eigenvalue weighted by atomic mass is 10.0. The molecule has 4 aromatic carbocycles. The molecule has 0 aliphatic rings. The van der Waals surface area contributed by atoms with Crippen molar-refractivity contribution in [3.63, 3.8) is 0 Å². The van der Waals surface area contributed by atoms with Crippen molar-refractivity contribution < 1.29 is 9.47 Å². The Kier molecular flexibility index (Phi) is 10.4. The van der Waals surface area contributed by atoms with E-state index < -0.39 is 0 Å². The minimum absolute atomic E-state index is 0.0104. The van der Waals surface area contributed by atoms with Gasteiger partial charge in [0.2, 0.25) is 0 Å². The molecule has 0 fully saturated rings. The van der Waals surface area contributed by atoms with Gasteiger partial charge < -0.3 is 28.6 Å². The van der Waals surface area contributed by atoms with Gasteiger partial charge in [-0.05, 0) is 98.2 Å². The zero-order chi connectivity index (χ0) is 41.5. The number of hydrogen-bond acceptors (Lipinski definition) is 7. The summed E-state index contributed by atoms with van der Waals surface area (Å²) >= 11 is 3.54. The molecule has 9 aromatic rings. The first-order chi connectivity index (χ1) is 28.3. The molecule has 0 bridgehead atoms. The number of fused-ring (bicyclic) bond motifs is 2. The fourth-order valence-electron chi connectivity index (χ4n) is 7.16. The fourth-order valence-corrected chi connectivity index (χ4v) is 7.53. The Morgan fingerprint density at radius 3 is 1.56 bits per heavy atom. The summed E-state index contributed by atoms with van der Waals surface area (Å²) in [6, 6.07) is 27.3. The van der Waals surface area contributed by atoms with E-state index >= 15 is 0 Å². The Morgan fingerprint density at radius 2 is 1.07 bits per heavy atom. The molecule has 2 N–H and O–H groups in total. The highest BCUT2D eigenvalue weighted by molar-refractivity contribution is 9.10. The average molecular weight is 850 g/mol. The highest BCUT2D eigenvalue weighted by Gasteiger charge is 2.20. The number of hydrogen-bond donors (Lipinski definition) is 2. The number of nitrogens with zero attached hydrogens (tertiary/aromatic N) is 6. The van der Waals surface area contributed by atoms with Gasteiger partial charge in [0.25, 0.3) is 11.1 Å². The van der Waals surface area contributed by atoms with Crippen molar-refractivity contribution in [3.05, 3.63) is 158 Å². The van der Waals surface area contributed by atoms with Crippen molar-refractivity contribution in [3.8, 4) is 56.4 Å². The second kappa shape index (κ2) is 15.7. The lowest BCUT2D eigenvalue weighted by molar-refractivity contribution is 0.486. The van der Waals surface area contributed by atoms with Gasteiger partial charge >= 0.3 is 0 Å². The number of para-hydroxylation sites is 2. The summed E-state index contributed by atoms with van der Waals surface area (Å²) in [6.45, 7) is 7.47.